The van der Waals surface area contributed by atoms with Gasteiger partial charge in [0.1, 0.15) is 0 Å². The van der Waals surface area contributed by atoms with E-state index in [0.717, 1.165) is 24.0 Å². The number of carbonyl (C=O) groups excluding carboxylic acids is 1. The molecule has 5 nitrogen and oxygen atoms in total. The monoisotopic (exact) mass is 278 g/mol. The van der Waals surface area contributed by atoms with Crippen molar-refractivity contribution in [3.8, 4) is 0 Å². The number of ether oxygens (including phenoxy) is 1. The van der Waals surface area contributed by atoms with Crippen LogP contribution in [0.5, 0.6) is 0 Å². The van der Waals surface area contributed by atoms with Crippen molar-refractivity contribution in [2.24, 2.45) is 0 Å². The molecular weight excluding hydrogens is 256 g/mol. The smallest absolute Gasteiger partial charge is 0.317 e. The second kappa shape index (κ2) is 7.26. The number of methoxy groups -OCH3 is 1. The van der Waals surface area contributed by atoms with Crippen molar-refractivity contribution < 1.29 is 14.6 Å². The van der Waals surface area contributed by atoms with Crippen molar-refractivity contribution in [3.05, 3.63) is 35.4 Å². The van der Waals surface area contributed by atoms with E-state index in [9.17, 15) is 4.79 Å². The van der Waals surface area contributed by atoms with Crippen LogP contribution < -0.4 is 5.32 Å². The molecule has 1 saturated carbocycles. The van der Waals surface area contributed by atoms with Gasteiger partial charge in [-0.2, -0.15) is 0 Å². The quantitative estimate of drug-likeness (QED) is 0.794. The molecule has 0 aliphatic heterocycles. The van der Waals surface area contributed by atoms with Crippen LogP contribution in [0.15, 0.2) is 24.3 Å². The number of urea groups is 1. The molecule has 0 spiro atoms. The first-order chi connectivity index (χ1) is 9.76. The van der Waals surface area contributed by atoms with Crippen LogP contribution in [0.1, 0.15) is 24.0 Å². The largest absolute Gasteiger partial charge is 0.395 e. The van der Waals surface area contributed by atoms with Gasteiger partial charge in [0.25, 0.3) is 0 Å². The number of rotatable bonds is 7. The van der Waals surface area contributed by atoms with Crippen LogP contribution in [0.2, 0.25) is 0 Å². The Morgan fingerprint density at radius 3 is 2.70 bits per heavy atom. The van der Waals surface area contributed by atoms with Gasteiger partial charge in [-0.25, -0.2) is 4.79 Å². The van der Waals surface area contributed by atoms with Crippen molar-refractivity contribution in [2.45, 2.75) is 32.0 Å². The minimum atomic E-state index is -0.103. The van der Waals surface area contributed by atoms with Gasteiger partial charge in [-0.05, 0) is 24.0 Å². The van der Waals surface area contributed by atoms with E-state index in [-0.39, 0.29) is 12.6 Å². The number of aliphatic hydroxyl groups excluding tert-OH is 1. The normalized spacial score (nSPS) is 14.1. The lowest BCUT2D eigenvalue weighted by molar-refractivity contribution is 0.172. The van der Waals surface area contributed by atoms with E-state index < -0.39 is 0 Å². The van der Waals surface area contributed by atoms with Gasteiger partial charge < -0.3 is 20.1 Å². The molecule has 1 aliphatic carbocycles. The molecule has 0 atom stereocenters. The molecule has 5 heteroatoms. The number of benzene rings is 1. The van der Waals surface area contributed by atoms with Gasteiger partial charge in [0, 0.05) is 26.2 Å². The highest BCUT2D eigenvalue weighted by Crippen LogP contribution is 2.26. The molecule has 0 saturated heterocycles. The summed E-state index contributed by atoms with van der Waals surface area (Å²) < 4.78 is 5.15. The number of nitrogens with zero attached hydrogens (tertiary/aromatic N) is 1. The lowest BCUT2D eigenvalue weighted by Gasteiger charge is -2.22. The number of nitrogens with one attached hydrogen (secondary N) is 1. The summed E-state index contributed by atoms with van der Waals surface area (Å²) in [7, 11) is 1.66. The fraction of sp³-hybridized carbons (Fsp3) is 0.533. The molecule has 2 amide bonds. The summed E-state index contributed by atoms with van der Waals surface area (Å²) in [5.41, 5.74) is 2.14. The number of carbonyl (C=O) groups is 1. The van der Waals surface area contributed by atoms with Crippen LogP contribution in [-0.2, 0) is 17.9 Å². The zero-order chi connectivity index (χ0) is 14.4. The molecule has 0 radical (unpaired) electrons. The maximum absolute atomic E-state index is 12.1. The number of hydrogen-bond acceptors (Lipinski definition) is 3. The van der Waals surface area contributed by atoms with E-state index in [1.807, 2.05) is 24.3 Å². The SMILES string of the molecule is COCc1ccccc1CNC(=O)N(CCO)C1CC1. The van der Waals surface area contributed by atoms with Crippen LogP contribution in [0.3, 0.4) is 0 Å². The number of amides is 2. The van der Waals surface area contributed by atoms with Gasteiger partial charge in [0.2, 0.25) is 0 Å². The first-order valence-electron chi connectivity index (χ1n) is 6.97. The van der Waals surface area contributed by atoms with Gasteiger partial charge >= 0.3 is 6.03 Å². The Morgan fingerprint density at radius 2 is 2.10 bits per heavy atom. The van der Waals surface area contributed by atoms with E-state index in [1.54, 1.807) is 12.0 Å². The highest BCUT2D eigenvalue weighted by atomic mass is 16.5. The van der Waals surface area contributed by atoms with Gasteiger partial charge in [0.15, 0.2) is 0 Å². The molecule has 0 heterocycles. The Balaban J connectivity index is 1.92. The predicted molar refractivity (Wildman–Crippen MR) is 76.2 cm³/mol. The van der Waals surface area contributed by atoms with E-state index in [0.29, 0.717) is 25.7 Å². The summed E-state index contributed by atoms with van der Waals surface area (Å²) >= 11 is 0. The molecule has 0 unspecified atom stereocenters. The van der Waals surface area contributed by atoms with Crippen molar-refractivity contribution in [3.63, 3.8) is 0 Å². The molecule has 2 rings (SSSR count). The van der Waals surface area contributed by atoms with Crippen molar-refractivity contribution in [2.75, 3.05) is 20.3 Å². The zero-order valence-electron chi connectivity index (χ0n) is 11.8. The Hall–Kier alpha value is -1.59. The van der Waals surface area contributed by atoms with Gasteiger partial charge in [0.05, 0.1) is 13.2 Å². The van der Waals surface area contributed by atoms with Crippen molar-refractivity contribution in [1.29, 1.82) is 0 Å². The minimum Gasteiger partial charge on any atom is -0.395 e. The Kier molecular flexibility index (Phi) is 5.38. The number of aliphatic hydroxyl groups is 1. The second-order valence-electron chi connectivity index (χ2n) is 5.01. The summed E-state index contributed by atoms with van der Waals surface area (Å²) in [4.78, 5) is 13.9. The average molecular weight is 278 g/mol. The molecular formula is C15H22N2O3. The first kappa shape index (κ1) is 14.8. The average Bonchev–Trinajstić information content (AvgIpc) is 3.28. The van der Waals surface area contributed by atoms with Crippen LogP contribution in [-0.4, -0.2) is 42.3 Å². The Bertz CT molecular complexity index is 446. The molecule has 110 valence electrons. The molecule has 2 N–H and O–H groups in total. The lowest BCUT2D eigenvalue weighted by atomic mass is 10.1. The van der Waals surface area contributed by atoms with Gasteiger partial charge in [-0.15, -0.1) is 0 Å². The second-order valence-corrected chi connectivity index (χ2v) is 5.01. The summed E-state index contributed by atoms with van der Waals surface area (Å²) in [5.74, 6) is 0. The molecule has 1 aliphatic rings. The standard InChI is InChI=1S/C15H22N2O3/c1-20-11-13-5-3-2-4-12(13)10-16-15(19)17(8-9-18)14-6-7-14/h2-5,14,18H,6-11H2,1H3,(H,16,19). The molecule has 20 heavy (non-hydrogen) atoms. The van der Waals surface area contributed by atoms with Gasteiger partial charge in [-0.3, -0.25) is 0 Å². The fourth-order valence-electron chi connectivity index (χ4n) is 2.24. The maximum Gasteiger partial charge on any atom is 0.317 e. The van der Waals surface area contributed by atoms with Crippen LogP contribution in [0, 0.1) is 0 Å². The zero-order valence-corrected chi connectivity index (χ0v) is 11.8. The van der Waals surface area contributed by atoms with Crippen molar-refractivity contribution in [1.82, 2.24) is 10.2 Å². The predicted octanol–water partition coefficient (Wildman–Crippen LogP) is 1.50. The third kappa shape index (κ3) is 3.95. The van der Waals surface area contributed by atoms with Gasteiger partial charge in [-0.1, -0.05) is 24.3 Å². The van der Waals surface area contributed by atoms with Crippen molar-refractivity contribution >= 4 is 6.03 Å². The third-order valence-corrected chi connectivity index (χ3v) is 3.44. The van der Waals surface area contributed by atoms with E-state index >= 15 is 0 Å². The number of hydrogen-bond donors (Lipinski definition) is 2. The topological polar surface area (TPSA) is 61.8 Å². The first-order valence-corrected chi connectivity index (χ1v) is 6.97. The molecule has 1 aromatic rings. The van der Waals surface area contributed by atoms with E-state index in [2.05, 4.69) is 5.32 Å². The van der Waals surface area contributed by atoms with E-state index in [4.69, 9.17) is 9.84 Å². The van der Waals surface area contributed by atoms with Crippen LogP contribution in [0.4, 0.5) is 4.79 Å². The summed E-state index contributed by atoms with van der Waals surface area (Å²) in [6, 6.07) is 8.10. The summed E-state index contributed by atoms with van der Waals surface area (Å²) in [6.07, 6.45) is 2.07. The highest BCUT2D eigenvalue weighted by Gasteiger charge is 2.31. The Labute approximate surface area is 119 Å². The minimum absolute atomic E-state index is 0.00415. The Morgan fingerprint density at radius 1 is 1.40 bits per heavy atom. The lowest BCUT2D eigenvalue weighted by Crippen LogP contribution is -2.42. The molecule has 1 fully saturated rings. The highest BCUT2D eigenvalue weighted by molar-refractivity contribution is 5.75. The summed E-state index contributed by atoms with van der Waals surface area (Å²) in [5, 5.41) is 11.9. The van der Waals surface area contributed by atoms with Crippen LogP contribution in [0.25, 0.3) is 0 Å². The molecule has 0 bridgehead atoms. The van der Waals surface area contributed by atoms with E-state index in [1.165, 1.54) is 0 Å². The van der Waals surface area contributed by atoms with Crippen LogP contribution >= 0.6 is 0 Å². The molecule has 0 aromatic heterocycles. The summed E-state index contributed by atoms with van der Waals surface area (Å²) in [6.45, 7) is 1.42. The maximum atomic E-state index is 12.1. The fourth-order valence-corrected chi connectivity index (χ4v) is 2.24. The molecule has 1 aromatic carbocycles. The third-order valence-electron chi connectivity index (χ3n) is 3.44.